The molecule has 0 atom stereocenters. The maximum absolute atomic E-state index is 4.67. The van der Waals surface area contributed by atoms with Crippen molar-refractivity contribution in [1.82, 2.24) is 10.3 Å². The Morgan fingerprint density at radius 1 is 1.50 bits per heavy atom. The van der Waals surface area contributed by atoms with Crippen molar-refractivity contribution in [3.63, 3.8) is 0 Å². The van der Waals surface area contributed by atoms with Crippen molar-refractivity contribution in [2.75, 3.05) is 7.05 Å². The van der Waals surface area contributed by atoms with Crippen LogP contribution in [0.5, 0.6) is 0 Å². The van der Waals surface area contributed by atoms with Gasteiger partial charge in [-0.15, -0.1) is 0 Å². The first-order valence-electron chi connectivity index (χ1n) is 4.79. The fraction of sp³-hybridized carbons (Fsp3) is 0.300. The fourth-order valence-corrected chi connectivity index (χ4v) is 1.01. The first-order valence-corrected chi connectivity index (χ1v) is 7.83. The van der Waals surface area contributed by atoms with Gasteiger partial charge in [0.25, 0.3) is 0 Å². The summed E-state index contributed by atoms with van der Waals surface area (Å²) in [5.41, 5.74) is 6.42. The molecule has 0 fully saturated rings. The standard InChI is InChI=1S/C10H14N4S.2ClH.Cu/c1-7-5-4-6-9(12-7)8(2)13-14-10(15)11-3;;;/h4-6H,1-3H3,(H2,11,12,14,15);2*1H;/q;;;+2/p-2. The molecule has 105 valence electrons. The molecule has 0 saturated heterocycles. The minimum atomic E-state index is 0.474. The number of nitrogens with one attached hydrogen (secondary N) is 1. The predicted molar refractivity (Wildman–Crippen MR) is 79.1 cm³/mol. The molecule has 0 spiro atoms. The molecule has 1 N–H and O–H groups in total. The van der Waals surface area contributed by atoms with E-state index in [-0.39, 0.29) is 0 Å². The summed E-state index contributed by atoms with van der Waals surface area (Å²) in [6.45, 7) is 3.81. The maximum atomic E-state index is 4.67. The first-order chi connectivity index (χ1) is 8.54. The molecule has 1 heterocycles. The molecule has 0 radical (unpaired) electrons. The van der Waals surface area contributed by atoms with Crippen LogP contribution in [0.4, 0.5) is 0 Å². The molecule has 0 saturated carbocycles. The molecular formula is C10H14Cl2CuN4S. The van der Waals surface area contributed by atoms with Gasteiger partial charge >= 0.3 is 33.3 Å². The molecule has 4 nitrogen and oxygen atoms in total. The van der Waals surface area contributed by atoms with E-state index >= 15 is 0 Å². The molecule has 0 aliphatic carbocycles. The van der Waals surface area contributed by atoms with Gasteiger partial charge in [-0.2, -0.15) is 0 Å². The van der Waals surface area contributed by atoms with Crippen molar-refractivity contribution in [2.24, 2.45) is 5.10 Å². The minimum absolute atomic E-state index is 0.474. The van der Waals surface area contributed by atoms with Gasteiger partial charge in [-0.05, 0) is 33.0 Å². The summed E-state index contributed by atoms with van der Waals surface area (Å²) in [5, 5.41) is 7.25. The molecule has 0 aromatic carbocycles. The second-order valence-corrected chi connectivity index (χ2v) is 5.05. The second-order valence-electron chi connectivity index (χ2n) is 3.07. The Morgan fingerprint density at radius 2 is 2.11 bits per heavy atom. The topological polar surface area (TPSA) is 51.4 Å². The number of halogens is 2. The van der Waals surface area contributed by atoms with Gasteiger partial charge in [-0.3, -0.25) is 10.3 Å². The van der Waals surface area contributed by atoms with E-state index in [1.54, 1.807) is 7.05 Å². The van der Waals surface area contributed by atoms with Crippen LogP contribution in [0.2, 0.25) is 0 Å². The van der Waals surface area contributed by atoms with Gasteiger partial charge in [-0.25, -0.2) is 0 Å². The molecule has 8 heteroatoms. The summed E-state index contributed by atoms with van der Waals surface area (Å²) in [4.78, 5) is 4.33. The van der Waals surface area contributed by atoms with E-state index in [9.17, 15) is 0 Å². The van der Waals surface area contributed by atoms with E-state index in [0.29, 0.717) is 5.11 Å². The van der Waals surface area contributed by atoms with Crippen LogP contribution in [0.15, 0.2) is 23.3 Å². The Labute approximate surface area is 127 Å². The number of pyridine rings is 1. The number of hydrogen-bond acceptors (Lipinski definition) is 2. The number of nitrogens with zero attached hydrogens (tertiary/aromatic N) is 3. The van der Waals surface area contributed by atoms with Crippen molar-refractivity contribution in [1.29, 1.82) is 0 Å². The SMILES string of the molecule is CNC(=[SH+])[N-]N=C(C)c1cccc(C)n1.[Cl][Cu][Cl]. The fourth-order valence-electron chi connectivity index (χ4n) is 0.968. The molecule has 18 heavy (non-hydrogen) atoms. The average molecular weight is 357 g/mol. The van der Waals surface area contributed by atoms with Crippen molar-refractivity contribution in [2.45, 2.75) is 13.8 Å². The van der Waals surface area contributed by atoms with E-state index < -0.39 is 0 Å². The molecule has 0 aliphatic heterocycles. The van der Waals surface area contributed by atoms with Crippen LogP contribution in [-0.2, 0) is 25.4 Å². The molecule has 1 rings (SSSR count). The first kappa shape index (κ1) is 17.8. The quantitative estimate of drug-likeness (QED) is 0.221. The Kier molecular flexibility index (Phi) is 10.5. The zero-order chi connectivity index (χ0) is 14.0. The van der Waals surface area contributed by atoms with Gasteiger partial charge in [0.15, 0.2) is 17.3 Å². The molecule has 0 unspecified atom stereocenters. The van der Waals surface area contributed by atoms with Gasteiger partial charge in [0.05, 0.1) is 5.69 Å². The van der Waals surface area contributed by atoms with Crippen LogP contribution < -0.4 is 5.32 Å². The van der Waals surface area contributed by atoms with Crippen molar-refractivity contribution < 1.29 is 13.1 Å². The number of hydrogen-bond donors (Lipinski definition) is 1. The second kappa shape index (κ2) is 10.7. The summed E-state index contributed by atoms with van der Waals surface area (Å²) in [6.07, 6.45) is 0. The zero-order valence-electron chi connectivity index (χ0n) is 10.1. The summed E-state index contributed by atoms with van der Waals surface area (Å²) >= 11 is 4.81. The van der Waals surface area contributed by atoms with Gasteiger partial charge in [-0.1, -0.05) is 6.07 Å². The number of aryl methyl sites for hydroxylation is 1. The van der Waals surface area contributed by atoms with Gasteiger partial charge in [0, 0.05) is 11.4 Å². The molecular weight excluding hydrogens is 343 g/mol. The van der Waals surface area contributed by atoms with Crippen LogP contribution in [-0.4, -0.2) is 22.9 Å². The Bertz CT molecular complexity index is 415. The third-order valence-corrected chi connectivity index (χ3v) is 2.09. The normalized spacial score (nSPS) is 10.6. The Morgan fingerprint density at radius 3 is 2.61 bits per heavy atom. The van der Waals surface area contributed by atoms with Crippen LogP contribution in [0.25, 0.3) is 5.43 Å². The van der Waals surface area contributed by atoms with E-state index in [0.717, 1.165) is 30.2 Å². The Hall–Kier alpha value is -0.231. The summed E-state index contributed by atoms with van der Waals surface area (Å²) in [6, 6.07) is 5.79. The molecule has 1 aromatic heterocycles. The molecule has 1 aromatic rings. The monoisotopic (exact) mass is 355 g/mol. The van der Waals surface area contributed by atoms with Crippen molar-refractivity contribution in [3.05, 3.63) is 35.0 Å². The van der Waals surface area contributed by atoms with E-state index in [2.05, 4.69) is 53.2 Å². The van der Waals surface area contributed by atoms with E-state index in [1.807, 2.05) is 32.0 Å². The van der Waals surface area contributed by atoms with Crippen LogP contribution in [0.1, 0.15) is 18.3 Å². The van der Waals surface area contributed by atoms with Crippen molar-refractivity contribution >= 4 is 43.2 Å². The van der Waals surface area contributed by atoms with Crippen LogP contribution >= 0.6 is 20.2 Å². The van der Waals surface area contributed by atoms with Crippen LogP contribution in [0.3, 0.4) is 0 Å². The van der Waals surface area contributed by atoms with E-state index in [1.165, 1.54) is 0 Å². The summed E-state index contributed by atoms with van der Waals surface area (Å²) in [5.74, 6) is 0. The summed E-state index contributed by atoms with van der Waals surface area (Å²) in [7, 11) is 11.1. The van der Waals surface area contributed by atoms with Gasteiger partial charge in [0.2, 0.25) is 0 Å². The van der Waals surface area contributed by atoms with Crippen molar-refractivity contribution in [3.8, 4) is 0 Å². The predicted octanol–water partition coefficient (Wildman–Crippen LogP) is 2.45. The summed E-state index contributed by atoms with van der Waals surface area (Å²) < 4.78 is 0. The number of thiol groups is 1. The molecule has 0 amide bonds. The van der Waals surface area contributed by atoms with E-state index in [4.69, 9.17) is 0 Å². The van der Waals surface area contributed by atoms with Crippen LogP contribution in [0, 0.1) is 6.92 Å². The average Bonchev–Trinajstić information content (AvgIpc) is 2.36. The number of rotatable bonds is 2. The van der Waals surface area contributed by atoms with Gasteiger partial charge in [0.1, 0.15) is 0 Å². The Balaban J connectivity index is 0.000000873. The zero-order valence-corrected chi connectivity index (χ0v) is 13.4. The third-order valence-electron chi connectivity index (χ3n) is 1.78. The van der Waals surface area contributed by atoms with Gasteiger partial charge < -0.3 is 10.5 Å². The third kappa shape index (κ3) is 7.97. The molecule has 0 aliphatic rings. The molecule has 0 bridgehead atoms. The number of aromatic nitrogens is 1.